The summed E-state index contributed by atoms with van der Waals surface area (Å²) in [7, 11) is 0. The minimum atomic E-state index is 0.0527. The highest BCUT2D eigenvalue weighted by Gasteiger charge is 2.16. The molecule has 0 heterocycles. The van der Waals surface area contributed by atoms with Crippen molar-refractivity contribution in [1.82, 2.24) is 5.32 Å². The van der Waals surface area contributed by atoms with E-state index in [0.717, 1.165) is 12.8 Å². The van der Waals surface area contributed by atoms with Gasteiger partial charge in [0.15, 0.2) is 0 Å². The molecule has 0 rings (SSSR count). The number of carbonyl (C=O) groups is 1. The quantitative estimate of drug-likeness (QED) is 0.682. The summed E-state index contributed by atoms with van der Waals surface area (Å²) in [6, 6.07) is 0.0527. The maximum absolute atomic E-state index is 11.6. The molecule has 0 aliphatic heterocycles. The van der Waals surface area contributed by atoms with Crippen molar-refractivity contribution in [2.45, 2.75) is 53.0 Å². The summed E-state index contributed by atoms with van der Waals surface area (Å²) in [6.45, 7) is 8.21. The van der Waals surface area contributed by atoms with Gasteiger partial charge in [-0.2, -0.15) is 0 Å². The summed E-state index contributed by atoms with van der Waals surface area (Å²) < 4.78 is 0. The Kier molecular flexibility index (Phi) is 7.39. The third-order valence-electron chi connectivity index (χ3n) is 3.16. The van der Waals surface area contributed by atoms with Gasteiger partial charge in [0, 0.05) is 19.1 Å². The smallest absolute Gasteiger partial charge is 0.220 e. The number of aliphatic hydroxyl groups is 1. The standard InChI is InChI=1S/C12H25NO2/c1-5-11(6-2)7-12(15)13-10(4)9(3)8-14/h9-11,14H,5-8H2,1-4H3,(H,13,15). The van der Waals surface area contributed by atoms with E-state index in [2.05, 4.69) is 19.2 Å². The van der Waals surface area contributed by atoms with Crippen LogP contribution in [-0.4, -0.2) is 23.7 Å². The van der Waals surface area contributed by atoms with Crippen LogP contribution in [0, 0.1) is 11.8 Å². The highest BCUT2D eigenvalue weighted by atomic mass is 16.3. The average molecular weight is 215 g/mol. The molecule has 0 fully saturated rings. The zero-order valence-corrected chi connectivity index (χ0v) is 10.4. The molecule has 15 heavy (non-hydrogen) atoms. The van der Waals surface area contributed by atoms with Crippen molar-refractivity contribution in [1.29, 1.82) is 0 Å². The molecule has 0 aromatic rings. The first-order valence-electron chi connectivity index (χ1n) is 5.95. The normalized spacial score (nSPS) is 15.1. The number of carbonyl (C=O) groups excluding carboxylic acids is 1. The second-order valence-electron chi connectivity index (χ2n) is 4.40. The minimum Gasteiger partial charge on any atom is -0.396 e. The summed E-state index contributed by atoms with van der Waals surface area (Å²) in [5.74, 6) is 0.716. The van der Waals surface area contributed by atoms with Gasteiger partial charge in [-0.25, -0.2) is 0 Å². The third-order valence-corrected chi connectivity index (χ3v) is 3.16. The Morgan fingerprint density at radius 3 is 2.20 bits per heavy atom. The van der Waals surface area contributed by atoms with Gasteiger partial charge in [0.2, 0.25) is 5.91 Å². The van der Waals surface area contributed by atoms with Crippen LogP contribution in [0.25, 0.3) is 0 Å². The van der Waals surface area contributed by atoms with Crippen LogP contribution in [0.2, 0.25) is 0 Å². The van der Waals surface area contributed by atoms with E-state index < -0.39 is 0 Å². The highest BCUT2D eigenvalue weighted by Crippen LogP contribution is 2.12. The van der Waals surface area contributed by atoms with E-state index >= 15 is 0 Å². The molecule has 0 saturated heterocycles. The predicted octanol–water partition coefficient (Wildman–Crippen LogP) is 1.95. The summed E-state index contributed by atoms with van der Waals surface area (Å²) >= 11 is 0. The van der Waals surface area contributed by atoms with E-state index in [1.807, 2.05) is 13.8 Å². The average Bonchev–Trinajstić information content (AvgIpc) is 2.24. The molecule has 0 radical (unpaired) electrons. The molecule has 2 N–H and O–H groups in total. The van der Waals surface area contributed by atoms with Crippen molar-refractivity contribution in [3.63, 3.8) is 0 Å². The number of aliphatic hydroxyl groups excluding tert-OH is 1. The fraction of sp³-hybridized carbons (Fsp3) is 0.917. The van der Waals surface area contributed by atoms with Gasteiger partial charge < -0.3 is 10.4 Å². The largest absolute Gasteiger partial charge is 0.396 e. The molecule has 0 aliphatic rings. The number of hydrogen-bond donors (Lipinski definition) is 2. The molecule has 0 aromatic carbocycles. The monoisotopic (exact) mass is 215 g/mol. The Hall–Kier alpha value is -0.570. The van der Waals surface area contributed by atoms with Crippen LogP contribution in [0.5, 0.6) is 0 Å². The third kappa shape index (κ3) is 5.78. The Balaban J connectivity index is 3.92. The van der Waals surface area contributed by atoms with Crippen molar-refractivity contribution < 1.29 is 9.90 Å². The Morgan fingerprint density at radius 1 is 1.27 bits per heavy atom. The first kappa shape index (κ1) is 14.4. The van der Waals surface area contributed by atoms with Crippen LogP contribution in [0.3, 0.4) is 0 Å². The second-order valence-corrected chi connectivity index (χ2v) is 4.40. The Bertz CT molecular complexity index is 178. The van der Waals surface area contributed by atoms with Crippen molar-refractivity contribution >= 4 is 5.91 Å². The SMILES string of the molecule is CCC(CC)CC(=O)NC(C)C(C)CO. The topological polar surface area (TPSA) is 49.3 Å². The zero-order valence-electron chi connectivity index (χ0n) is 10.4. The van der Waals surface area contributed by atoms with Crippen LogP contribution in [-0.2, 0) is 4.79 Å². The predicted molar refractivity (Wildman–Crippen MR) is 62.5 cm³/mol. The maximum atomic E-state index is 11.6. The van der Waals surface area contributed by atoms with Gasteiger partial charge in [0.05, 0.1) is 0 Å². The summed E-state index contributed by atoms with van der Waals surface area (Å²) in [4.78, 5) is 11.6. The lowest BCUT2D eigenvalue weighted by atomic mass is 9.98. The molecule has 0 bridgehead atoms. The molecule has 0 saturated carbocycles. The van der Waals surface area contributed by atoms with Gasteiger partial charge >= 0.3 is 0 Å². The number of rotatable bonds is 7. The molecule has 0 aliphatic carbocycles. The maximum Gasteiger partial charge on any atom is 0.220 e. The van der Waals surface area contributed by atoms with Crippen LogP contribution >= 0.6 is 0 Å². The molecular weight excluding hydrogens is 190 g/mol. The number of hydrogen-bond acceptors (Lipinski definition) is 2. The van der Waals surface area contributed by atoms with Gasteiger partial charge in [-0.05, 0) is 18.8 Å². The number of amides is 1. The number of nitrogens with one attached hydrogen (secondary N) is 1. The highest BCUT2D eigenvalue weighted by molar-refractivity contribution is 5.76. The van der Waals surface area contributed by atoms with Crippen molar-refractivity contribution in [3.8, 4) is 0 Å². The fourth-order valence-electron chi connectivity index (χ4n) is 1.45. The Labute approximate surface area is 93.3 Å². The summed E-state index contributed by atoms with van der Waals surface area (Å²) in [6.07, 6.45) is 2.71. The van der Waals surface area contributed by atoms with Crippen LogP contribution in [0.4, 0.5) is 0 Å². The van der Waals surface area contributed by atoms with E-state index in [9.17, 15) is 4.79 Å². The summed E-state index contributed by atoms with van der Waals surface area (Å²) in [5, 5.41) is 11.9. The fourth-order valence-corrected chi connectivity index (χ4v) is 1.45. The van der Waals surface area contributed by atoms with Crippen molar-refractivity contribution in [2.75, 3.05) is 6.61 Å². The molecule has 3 heteroatoms. The van der Waals surface area contributed by atoms with Gasteiger partial charge in [-0.3, -0.25) is 4.79 Å². The van der Waals surface area contributed by atoms with Gasteiger partial charge in [0.1, 0.15) is 0 Å². The summed E-state index contributed by atoms with van der Waals surface area (Å²) in [5.41, 5.74) is 0. The van der Waals surface area contributed by atoms with E-state index in [1.165, 1.54) is 0 Å². The van der Waals surface area contributed by atoms with E-state index in [1.54, 1.807) is 0 Å². The minimum absolute atomic E-state index is 0.0527. The van der Waals surface area contributed by atoms with Crippen LogP contribution < -0.4 is 5.32 Å². The Morgan fingerprint density at radius 2 is 1.80 bits per heavy atom. The lowest BCUT2D eigenvalue weighted by molar-refractivity contribution is -0.123. The van der Waals surface area contributed by atoms with Crippen molar-refractivity contribution in [3.05, 3.63) is 0 Å². The molecule has 1 amide bonds. The molecule has 2 atom stereocenters. The van der Waals surface area contributed by atoms with Crippen LogP contribution in [0.1, 0.15) is 47.0 Å². The van der Waals surface area contributed by atoms with Gasteiger partial charge in [-0.1, -0.05) is 33.6 Å². The van der Waals surface area contributed by atoms with E-state index in [-0.39, 0.29) is 24.5 Å². The lowest BCUT2D eigenvalue weighted by Crippen LogP contribution is -2.39. The molecule has 0 aromatic heterocycles. The van der Waals surface area contributed by atoms with Crippen LogP contribution in [0.15, 0.2) is 0 Å². The lowest BCUT2D eigenvalue weighted by Gasteiger charge is -2.20. The first-order valence-corrected chi connectivity index (χ1v) is 5.95. The van der Waals surface area contributed by atoms with Gasteiger partial charge in [-0.15, -0.1) is 0 Å². The van der Waals surface area contributed by atoms with E-state index in [4.69, 9.17) is 5.11 Å². The van der Waals surface area contributed by atoms with E-state index in [0.29, 0.717) is 12.3 Å². The zero-order chi connectivity index (χ0) is 11.8. The molecule has 3 nitrogen and oxygen atoms in total. The molecule has 2 unspecified atom stereocenters. The first-order chi connectivity index (χ1) is 7.04. The van der Waals surface area contributed by atoms with Crippen molar-refractivity contribution in [2.24, 2.45) is 11.8 Å². The molecular formula is C12H25NO2. The molecule has 90 valence electrons. The molecule has 0 spiro atoms. The second kappa shape index (κ2) is 7.69. The van der Waals surface area contributed by atoms with Gasteiger partial charge in [0.25, 0.3) is 0 Å².